The van der Waals surface area contributed by atoms with Crippen LogP contribution in [0.15, 0.2) is 11.1 Å². The van der Waals surface area contributed by atoms with Crippen LogP contribution in [0.1, 0.15) is 12.6 Å². The molecule has 0 atom stereocenters. The standard InChI is InChI=1S/C9H17N3O3S/c1-4-12(5-6-15-3)16(13,14)9-7-10-11-8(9)2/h7H,4-6H2,1-3H3,(H,10,11). The van der Waals surface area contributed by atoms with Gasteiger partial charge in [-0.3, -0.25) is 5.10 Å². The zero-order valence-electron chi connectivity index (χ0n) is 9.73. The molecule has 16 heavy (non-hydrogen) atoms. The number of hydrogen-bond acceptors (Lipinski definition) is 4. The van der Waals surface area contributed by atoms with Crippen molar-refractivity contribution in [1.29, 1.82) is 0 Å². The van der Waals surface area contributed by atoms with Gasteiger partial charge in [0.05, 0.1) is 18.5 Å². The molecule has 0 spiro atoms. The number of nitrogens with one attached hydrogen (secondary N) is 1. The summed E-state index contributed by atoms with van der Waals surface area (Å²) in [5.41, 5.74) is 0.552. The number of sulfonamides is 1. The molecule has 0 radical (unpaired) electrons. The summed E-state index contributed by atoms with van der Waals surface area (Å²) < 4.78 is 30.6. The van der Waals surface area contributed by atoms with Crippen LogP contribution in [0.5, 0.6) is 0 Å². The van der Waals surface area contributed by atoms with E-state index in [9.17, 15) is 8.42 Å². The van der Waals surface area contributed by atoms with Crippen LogP contribution in [0, 0.1) is 6.92 Å². The molecule has 6 nitrogen and oxygen atoms in total. The zero-order chi connectivity index (χ0) is 12.2. The van der Waals surface area contributed by atoms with Gasteiger partial charge in [-0.05, 0) is 6.92 Å². The van der Waals surface area contributed by atoms with E-state index < -0.39 is 10.0 Å². The SMILES string of the molecule is CCN(CCOC)S(=O)(=O)c1cn[nH]c1C. The molecule has 0 aromatic carbocycles. The number of hydrogen-bond donors (Lipinski definition) is 1. The minimum atomic E-state index is -3.45. The van der Waals surface area contributed by atoms with Crippen LogP contribution >= 0.6 is 0 Å². The summed E-state index contributed by atoms with van der Waals surface area (Å²) in [6.45, 7) is 4.62. The van der Waals surface area contributed by atoms with Gasteiger partial charge in [-0.15, -0.1) is 0 Å². The van der Waals surface area contributed by atoms with Crippen LogP contribution in [0.4, 0.5) is 0 Å². The number of rotatable bonds is 6. The monoisotopic (exact) mass is 247 g/mol. The van der Waals surface area contributed by atoms with Crippen molar-refractivity contribution in [1.82, 2.24) is 14.5 Å². The van der Waals surface area contributed by atoms with Gasteiger partial charge < -0.3 is 4.74 Å². The molecule has 0 fully saturated rings. The maximum atomic E-state index is 12.2. The summed E-state index contributed by atoms with van der Waals surface area (Å²) in [6.07, 6.45) is 1.33. The van der Waals surface area contributed by atoms with Gasteiger partial charge in [0.25, 0.3) is 0 Å². The van der Waals surface area contributed by atoms with Crippen LogP contribution in [-0.2, 0) is 14.8 Å². The molecule has 0 aliphatic carbocycles. The maximum Gasteiger partial charge on any atom is 0.246 e. The number of ether oxygens (including phenoxy) is 1. The summed E-state index contributed by atoms with van der Waals surface area (Å²) in [5.74, 6) is 0. The normalized spacial score (nSPS) is 12.2. The molecule has 1 aromatic heterocycles. The highest BCUT2D eigenvalue weighted by molar-refractivity contribution is 7.89. The highest BCUT2D eigenvalue weighted by Crippen LogP contribution is 2.16. The van der Waals surface area contributed by atoms with Gasteiger partial charge in [-0.2, -0.15) is 9.40 Å². The lowest BCUT2D eigenvalue weighted by molar-refractivity contribution is 0.180. The maximum absolute atomic E-state index is 12.2. The Labute approximate surface area is 95.7 Å². The summed E-state index contributed by atoms with van der Waals surface area (Å²) >= 11 is 0. The first-order chi connectivity index (χ1) is 7.54. The molecule has 0 saturated heterocycles. The Kier molecular flexibility index (Phi) is 4.45. The number of aryl methyl sites for hydroxylation is 1. The lowest BCUT2D eigenvalue weighted by Gasteiger charge is -2.19. The first kappa shape index (κ1) is 13.1. The van der Waals surface area contributed by atoms with Crippen molar-refractivity contribution in [3.63, 3.8) is 0 Å². The van der Waals surface area contributed by atoms with Gasteiger partial charge in [0.2, 0.25) is 10.0 Å². The third kappa shape index (κ3) is 2.60. The van der Waals surface area contributed by atoms with Crippen LogP contribution in [0.3, 0.4) is 0 Å². The molecule has 1 heterocycles. The Bertz CT molecular complexity index is 427. The first-order valence-corrected chi connectivity index (χ1v) is 6.47. The molecule has 92 valence electrons. The van der Waals surface area contributed by atoms with Gasteiger partial charge in [-0.1, -0.05) is 6.92 Å². The highest BCUT2D eigenvalue weighted by atomic mass is 32.2. The molecule has 0 amide bonds. The minimum absolute atomic E-state index is 0.227. The molecule has 7 heteroatoms. The van der Waals surface area contributed by atoms with Gasteiger partial charge in [-0.25, -0.2) is 8.42 Å². The van der Waals surface area contributed by atoms with Gasteiger partial charge in [0.1, 0.15) is 4.90 Å². The second kappa shape index (κ2) is 5.42. The van der Waals surface area contributed by atoms with Gasteiger partial charge >= 0.3 is 0 Å². The van der Waals surface area contributed by atoms with Crippen LogP contribution in [0.2, 0.25) is 0 Å². The number of methoxy groups -OCH3 is 1. The minimum Gasteiger partial charge on any atom is -0.383 e. The Hall–Kier alpha value is -0.920. The summed E-state index contributed by atoms with van der Waals surface area (Å²) in [4.78, 5) is 0.227. The molecule has 0 bridgehead atoms. The number of aromatic nitrogens is 2. The van der Waals surface area contributed by atoms with E-state index in [4.69, 9.17) is 4.74 Å². The van der Waals surface area contributed by atoms with Crippen molar-refractivity contribution < 1.29 is 13.2 Å². The molecule has 0 aliphatic rings. The Balaban J connectivity index is 2.95. The number of aromatic amines is 1. The van der Waals surface area contributed by atoms with Crippen LogP contribution in [-0.4, -0.2) is 49.7 Å². The Morgan fingerprint density at radius 3 is 2.69 bits per heavy atom. The third-order valence-electron chi connectivity index (χ3n) is 2.30. The van der Waals surface area contributed by atoms with E-state index in [0.29, 0.717) is 25.4 Å². The van der Waals surface area contributed by atoms with Crippen molar-refractivity contribution in [2.45, 2.75) is 18.7 Å². The predicted octanol–water partition coefficient (Wildman–Crippen LogP) is 0.375. The summed E-state index contributed by atoms with van der Waals surface area (Å²) in [5, 5.41) is 6.35. The van der Waals surface area contributed by atoms with Crippen molar-refractivity contribution in [3.8, 4) is 0 Å². The predicted molar refractivity (Wildman–Crippen MR) is 59.6 cm³/mol. The third-order valence-corrected chi connectivity index (χ3v) is 4.39. The van der Waals surface area contributed by atoms with E-state index in [1.165, 1.54) is 10.5 Å². The number of H-pyrrole nitrogens is 1. The van der Waals surface area contributed by atoms with E-state index >= 15 is 0 Å². The number of likely N-dealkylation sites (N-methyl/N-ethyl adjacent to an activating group) is 1. The van der Waals surface area contributed by atoms with Crippen molar-refractivity contribution in [3.05, 3.63) is 11.9 Å². The molecule has 1 aromatic rings. The Morgan fingerprint density at radius 1 is 1.56 bits per heavy atom. The van der Waals surface area contributed by atoms with E-state index in [0.717, 1.165) is 0 Å². The second-order valence-electron chi connectivity index (χ2n) is 3.35. The molecule has 0 unspecified atom stereocenters. The van der Waals surface area contributed by atoms with Gasteiger partial charge in [0, 0.05) is 20.2 Å². The zero-order valence-corrected chi connectivity index (χ0v) is 10.5. The largest absolute Gasteiger partial charge is 0.383 e. The van der Waals surface area contributed by atoms with E-state index in [2.05, 4.69) is 10.2 Å². The fourth-order valence-electron chi connectivity index (χ4n) is 1.38. The fourth-order valence-corrected chi connectivity index (χ4v) is 2.93. The van der Waals surface area contributed by atoms with E-state index in [-0.39, 0.29) is 4.90 Å². The molecular formula is C9H17N3O3S. The fraction of sp³-hybridized carbons (Fsp3) is 0.667. The average molecular weight is 247 g/mol. The highest BCUT2D eigenvalue weighted by Gasteiger charge is 2.25. The number of nitrogens with zero attached hydrogens (tertiary/aromatic N) is 2. The van der Waals surface area contributed by atoms with E-state index in [1.54, 1.807) is 21.0 Å². The van der Waals surface area contributed by atoms with E-state index in [1.807, 2.05) is 0 Å². The smallest absolute Gasteiger partial charge is 0.246 e. The van der Waals surface area contributed by atoms with Crippen LogP contribution < -0.4 is 0 Å². The quantitative estimate of drug-likeness (QED) is 0.788. The molecular weight excluding hydrogens is 230 g/mol. The van der Waals surface area contributed by atoms with Gasteiger partial charge in [0.15, 0.2) is 0 Å². The second-order valence-corrected chi connectivity index (χ2v) is 5.26. The first-order valence-electron chi connectivity index (χ1n) is 5.03. The lowest BCUT2D eigenvalue weighted by atomic mass is 10.5. The average Bonchev–Trinajstić information content (AvgIpc) is 2.66. The van der Waals surface area contributed by atoms with Crippen molar-refractivity contribution >= 4 is 10.0 Å². The van der Waals surface area contributed by atoms with Crippen molar-refractivity contribution in [2.75, 3.05) is 26.8 Å². The lowest BCUT2D eigenvalue weighted by Crippen LogP contribution is -2.33. The van der Waals surface area contributed by atoms with Crippen LogP contribution in [0.25, 0.3) is 0 Å². The molecule has 0 saturated carbocycles. The topological polar surface area (TPSA) is 75.3 Å². The summed E-state index contributed by atoms with van der Waals surface area (Å²) in [7, 11) is -1.91. The molecule has 1 N–H and O–H groups in total. The Morgan fingerprint density at radius 2 is 2.25 bits per heavy atom. The summed E-state index contributed by atoms with van der Waals surface area (Å²) in [6, 6.07) is 0. The molecule has 1 rings (SSSR count). The van der Waals surface area contributed by atoms with Crippen molar-refractivity contribution in [2.24, 2.45) is 0 Å². The molecule has 0 aliphatic heterocycles.